The summed E-state index contributed by atoms with van der Waals surface area (Å²) in [6.45, 7) is 5.25. The lowest BCUT2D eigenvalue weighted by Gasteiger charge is -2.33. The number of ether oxygens (including phenoxy) is 1. The van der Waals surface area contributed by atoms with Crippen molar-refractivity contribution in [1.82, 2.24) is 10.6 Å². The summed E-state index contributed by atoms with van der Waals surface area (Å²) >= 11 is 0. The van der Waals surface area contributed by atoms with Crippen LogP contribution >= 0.6 is 0 Å². The van der Waals surface area contributed by atoms with Gasteiger partial charge in [-0.05, 0) is 25.3 Å². The molecular formula is C17H24N2O2. The van der Waals surface area contributed by atoms with Gasteiger partial charge < -0.3 is 15.4 Å². The summed E-state index contributed by atoms with van der Waals surface area (Å²) in [7, 11) is 0. The number of rotatable bonds is 4. The lowest BCUT2D eigenvalue weighted by molar-refractivity contribution is -0.127. The summed E-state index contributed by atoms with van der Waals surface area (Å²) in [5.41, 5.74) is 2.49. The van der Waals surface area contributed by atoms with Crippen LogP contribution in [0.15, 0.2) is 24.3 Å². The largest absolute Gasteiger partial charge is 0.373 e. The molecule has 0 saturated carbocycles. The summed E-state index contributed by atoms with van der Waals surface area (Å²) in [4.78, 5) is 12.0. The molecular weight excluding hydrogens is 264 g/mol. The molecule has 2 saturated heterocycles. The zero-order chi connectivity index (χ0) is 14.7. The van der Waals surface area contributed by atoms with Gasteiger partial charge in [0.1, 0.15) is 0 Å². The van der Waals surface area contributed by atoms with E-state index in [1.54, 1.807) is 0 Å². The Morgan fingerprint density at radius 2 is 2.10 bits per heavy atom. The lowest BCUT2D eigenvalue weighted by Crippen LogP contribution is -2.51. The molecule has 2 heterocycles. The van der Waals surface area contributed by atoms with Gasteiger partial charge in [-0.1, -0.05) is 29.8 Å². The molecule has 2 aliphatic heterocycles. The van der Waals surface area contributed by atoms with Gasteiger partial charge >= 0.3 is 0 Å². The van der Waals surface area contributed by atoms with Crippen molar-refractivity contribution in [2.45, 2.75) is 25.9 Å². The van der Waals surface area contributed by atoms with Crippen LogP contribution in [0.5, 0.6) is 0 Å². The SMILES string of the molecule is Cc1ccc(C2OCCCC2CNC(=O)C2CNC2)cc1. The molecule has 0 spiro atoms. The van der Waals surface area contributed by atoms with Gasteiger partial charge in [-0.15, -0.1) is 0 Å². The van der Waals surface area contributed by atoms with Crippen LogP contribution in [0.4, 0.5) is 0 Å². The summed E-state index contributed by atoms with van der Waals surface area (Å²) in [5, 5.41) is 6.24. The standard InChI is InChI=1S/C17H24N2O2/c1-12-4-6-13(7-5-12)16-14(3-2-8-21-16)11-19-17(20)15-9-18-10-15/h4-7,14-16,18H,2-3,8-11H2,1H3,(H,19,20). The van der Waals surface area contributed by atoms with Gasteiger partial charge in [-0.2, -0.15) is 0 Å². The monoisotopic (exact) mass is 288 g/mol. The molecule has 0 radical (unpaired) electrons. The molecule has 2 unspecified atom stereocenters. The quantitative estimate of drug-likeness (QED) is 0.888. The van der Waals surface area contributed by atoms with Crippen LogP contribution in [0, 0.1) is 18.8 Å². The van der Waals surface area contributed by atoms with Crippen molar-refractivity contribution in [2.75, 3.05) is 26.2 Å². The minimum absolute atomic E-state index is 0.110. The molecule has 1 aromatic rings. The number of carbonyl (C=O) groups excluding carboxylic acids is 1. The van der Waals surface area contributed by atoms with E-state index in [1.807, 2.05) is 0 Å². The van der Waals surface area contributed by atoms with Crippen molar-refractivity contribution < 1.29 is 9.53 Å². The topological polar surface area (TPSA) is 50.4 Å². The zero-order valence-corrected chi connectivity index (χ0v) is 12.6. The van der Waals surface area contributed by atoms with Crippen molar-refractivity contribution in [1.29, 1.82) is 0 Å². The van der Waals surface area contributed by atoms with Gasteiger partial charge in [-0.3, -0.25) is 4.79 Å². The van der Waals surface area contributed by atoms with Crippen LogP contribution in [0.3, 0.4) is 0 Å². The fourth-order valence-electron chi connectivity index (χ4n) is 3.03. The first-order valence-electron chi connectivity index (χ1n) is 7.90. The van der Waals surface area contributed by atoms with Gasteiger partial charge in [0.2, 0.25) is 5.91 Å². The third-order valence-corrected chi connectivity index (χ3v) is 4.54. The van der Waals surface area contributed by atoms with Crippen LogP contribution in [0.1, 0.15) is 30.1 Å². The first kappa shape index (κ1) is 14.5. The van der Waals surface area contributed by atoms with Crippen molar-refractivity contribution >= 4 is 5.91 Å². The number of amides is 1. The summed E-state index contributed by atoms with van der Waals surface area (Å²) in [5.74, 6) is 0.716. The highest BCUT2D eigenvalue weighted by Gasteiger charge is 2.30. The highest BCUT2D eigenvalue weighted by molar-refractivity contribution is 5.80. The summed E-state index contributed by atoms with van der Waals surface area (Å²) in [6.07, 6.45) is 2.30. The van der Waals surface area contributed by atoms with E-state index in [4.69, 9.17) is 4.74 Å². The highest BCUT2D eigenvalue weighted by Crippen LogP contribution is 2.33. The molecule has 2 atom stereocenters. The molecule has 0 aliphatic carbocycles. The van der Waals surface area contributed by atoms with Gasteiger partial charge in [-0.25, -0.2) is 0 Å². The number of benzene rings is 1. The van der Waals surface area contributed by atoms with Crippen LogP contribution in [0.25, 0.3) is 0 Å². The molecule has 2 aliphatic rings. The minimum atomic E-state index is 0.110. The number of nitrogens with one attached hydrogen (secondary N) is 2. The normalized spacial score (nSPS) is 26.1. The summed E-state index contributed by atoms with van der Waals surface area (Å²) in [6, 6.07) is 8.55. The Balaban J connectivity index is 1.61. The average Bonchev–Trinajstić information content (AvgIpc) is 2.44. The zero-order valence-electron chi connectivity index (χ0n) is 12.6. The van der Waals surface area contributed by atoms with Crippen molar-refractivity contribution in [3.05, 3.63) is 35.4 Å². The Morgan fingerprint density at radius 1 is 1.33 bits per heavy atom. The molecule has 0 bridgehead atoms. The molecule has 2 fully saturated rings. The Labute approximate surface area is 126 Å². The Bertz CT molecular complexity index is 482. The van der Waals surface area contributed by atoms with Gasteiger partial charge in [0.05, 0.1) is 12.0 Å². The molecule has 4 heteroatoms. The van der Waals surface area contributed by atoms with E-state index in [0.717, 1.165) is 32.5 Å². The van der Waals surface area contributed by atoms with Crippen LogP contribution in [-0.4, -0.2) is 32.1 Å². The maximum absolute atomic E-state index is 12.0. The smallest absolute Gasteiger partial charge is 0.225 e. The second-order valence-corrected chi connectivity index (χ2v) is 6.20. The first-order chi connectivity index (χ1) is 10.2. The maximum Gasteiger partial charge on any atom is 0.225 e. The third-order valence-electron chi connectivity index (χ3n) is 4.54. The maximum atomic E-state index is 12.0. The third kappa shape index (κ3) is 3.44. The number of hydrogen-bond acceptors (Lipinski definition) is 3. The number of hydrogen-bond donors (Lipinski definition) is 2. The van der Waals surface area contributed by atoms with E-state index in [2.05, 4.69) is 41.8 Å². The van der Waals surface area contributed by atoms with Crippen LogP contribution < -0.4 is 10.6 Å². The van der Waals surface area contributed by atoms with E-state index in [1.165, 1.54) is 11.1 Å². The number of aryl methyl sites for hydroxylation is 1. The minimum Gasteiger partial charge on any atom is -0.373 e. The fourth-order valence-corrected chi connectivity index (χ4v) is 3.03. The van der Waals surface area contributed by atoms with E-state index < -0.39 is 0 Å². The van der Waals surface area contributed by atoms with Crippen molar-refractivity contribution in [3.8, 4) is 0 Å². The molecule has 2 N–H and O–H groups in total. The van der Waals surface area contributed by atoms with E-state index in [9.17, 15) is 4.79 Å². The number of carbonyl (C=O) groups is 1. The van der Waals surface area contributed by atoms with Crippen LogP contribution in [-0.2, 0) is 9.53 Å². The molecule has 1 aromatic carbocycles. The van der Waals surface area contributed by atoms with Gasteiger partial charge in [0, 0.05) is 32.2 Å². The first-order valence-corrected chi connectivity index (χ1v) is 7.90. The second-order valence-electron chi connectivity index (χ2n) is 6.20. The Hall–Kier alpha value is -1.39. The molecule has 1 amide bonds. The predicted octanol–water partition coefficient (Wildman–Crippen LogP) is 1.80. The molecule has 0 aromatic heterocycles. The Morgan fingerprint density at radius 3 is 2.76 bits per heavy atom. The molecule has 4 nitrogen and oxygen atoms in total. The van der Waals surface area contributed by atoms with Crippen molar-refractivity contribution in [3.63, 3.8) is 0 Å². The molecule has 3 rings (SSSR count). The molecule has 21 heavy (non-hydrogen) atoms. The van der Waals surface area contributed by atoms with Crippen molar-refractivity contribution in [2.24, 2.45) is 11.8 Å². The predicted molar refractivity (Wildman–Crippen MR) is 82.0 cm³/mol. The fraction of sp³-hybridized carbons (Fsp3) is 0.588. The van der Waals surface area contributed by atoms with E-state index in [-0.39, 0.29) is 17.9 Å². The lowest BCUT2D eigenvalue weighted by atomic mass is 9.89. The molecule has 114 valence electrons. The van der Waals surface area contributed by atoms with Crippen LogP contribution in [0.2, 0.25) is 0 Å². The van der Waals surface area contributed by atoms with E-state index >= 15 is 0 Å². The Kier molecular flexibility index (Phi) is 4.56. The average molecular weight is 288 g/mol. The van der Waals surface area contributed by atoms with Gasteiger partial charge in [0.25, 0.3) is 0 Å². The van der Waals surface area contributed by atoms with E-state index in [0.29, 0.717) is 12.5 Å². The summed E-state index contributed by atoms with van der Waals surface area (Å²) < 4.78 is 5.99. The second kappa shape index (κ2) is 6.58. The highest BCUT2D eigenvalue weighted by atomic mass is 16.5. The van der Waals surface area contributed by atoms with Gasteiger partial charge in [0.15, 0.2) is 0 Å².